The maximum absolute atomic E-state index is 6.11. The summed E-state index contributed by atoms with van der Waals surface area (Å²) in [6.07, 6.45) is 0.849. The zero-order valence-electron chi connectivity index (χ0n) is 10.5. The van der Waals surface area contributed by atoms with E-state index >= 15 is 0 Å². The van der Waals surface area contributed by atoms with E-state index in [1.165, 1.54) is 0 Å². The van der Waals surface area contributed by atoms with Crippen molar-refractivity contribution in [3.8, 4) is 11.6 Å². The lowest BCUT2D eigenvalue weighted by molar-refractivity contribution is 0.525. The van der Waals surface area contributed by atoms with Crippen molar-refractivity contribution in [1.29, 1.82) is 0 Å². The molecule has 2 aromatic heterocycles. The highest BCUT2D eigenvalue weighted by atomic mass is 79.9. The van der Waals surface area contributed by atoms with E-state index in [0.717, 1.165) is 22.3 Å². The van der Waals surface area contributed by atoms with Crippen LogP contribution in [0.2, 0.25) is 5.15 Å². The number of aromatic nitrogens is 2. The van der Waals surface area contributed by atoms with Gasteiger partial charge in [-0.05, 0) is 34.0 Å². The minimum Gasteiger partial charge on any atom is -0.458 e. The van der Waals surface area contributed by atoms with E-state index in [1.54, 1.807) is 0 Å². The third kappa shape index (κ3) is 2.59. The fraction of sp³-hybridized carbons (Fsp3) is 0.385. The SMILES string of the molecule is CCc1ccc(-c2nc(Cl)c(Br)c(C(C)C)n2)o1. The molecule has 0 bridgehead atoms. The van der Waals surface area contributed by atoms with Crippen LogP contribution in [0.25, 0.3) is 11.6 Å². The highest BCUT2D eigenvalue weighted by molar-refractivity contribution is 9.10. The van der Waals surface area contributed by atoms with Crippen LogP contribution in [0.3, 0.4) is 0 Å². The molecular weight excluding hydrogens is 316 g/mol. The Morgan fingerprint density at radius 3 is 2.61 bits per heavy atom. The molecule has 0 aliphatic rings. The first kappa shape index (κ1) is 13.6. The van der Waals surface area contributed by atoms with Crippen LogP contribution in [-0.4, -0.2) is 9.97 Å². The lowest BCUT2D eigenvalue weighted by Crippen LogP contribution is -2.00. The number of hydrogen-bond donors (Lipinski definition) is 0. The molecule has 0 aliphatic heterocycles. The molecule has 0 saturated carbocycles. The lowest BCUT2D eigenvalue weighted by Gasteiger charge is -2.09. The first-order chi connectivity index (χ1) is 8.52. The van der Waals surface area contributed by atoms with Crippen LogP contribution < -0.4 is 0 Å². The Labute approximate surface area is 120 Å². The first-order valence-electron chi connectivity index (χ1n) is 5.85. The van der Waals surface area contributed by atoms with Crippen molar-refractivity contribution in [1.82, 2.24) is 9.97 Å². The standard InChI is InChI=1S/C13H14BrClN2O/c1-4-8-5-6-9(18-8)13-16-11(7(2)3)10(14)12(15)17-13/h5-7H,4H2,1-3H3. The summed E-state index contributed by atoms with van der Waals surface area (Å²) in [6, 6.07) is 3.81. The third-order valence-electron chi connectivity index (χ3n) is 2.61. The molecule has 0 atom stereocenters. The summed E-state index contributed by atoms with van der Waals surface area (Å²) in [4.78, 5) is 8.76. The van der Waals surface area contributed by atoms with Crippen LogP contribution in [0.15, 0.2) is 21.0 Å². The lowest BCUT2D eigenvalue weighted by atomic mass is 10.1. The van der Waals surface area contributed by atoms with Gasteiger partial charge in [0, 0.05) is 6.42 Å². The van der Waals surface area contributed by atoms with Gasteiger partial charge in [0.1, 0.15) is 10.9 Å². The van der Waals surface area contributed by atoms with Gasteiger partial charge in [-0.15, -0.1) is 0 Å². The second-order valence-corrected chi connectivity index (χ2v) is 5.46. The quantitative estimate of drug-likeness (QED) is 0.756. The Hall–Kier alpha value is -0.870. The minimum atomic E-state index is 0.263. The summed E-state index contributed by atoms with van der Waals surface area (Å²) in [5, 5.41) is 0.415. The predicted octanol–water partition coefficient (Wildman–Crippen LogP) is 4.84. The summed E-state index contributed by atoms with van der Waals surface area (Å²) >= 11 is 9.53. The van der Waals surface area contributed by atoms with Gasteiger partial charge < -0.3 is 4.42 Å². The maximum atomic E-state index is 6.11. The fourth-order valence-electron chi connectivity index (χ4n) is 1.62. The molecule has 3 nitrogen and oxygen atoms in total. The largest absolute Gasteiger partial charge is 0.458 e. The maximum Gasteiger partial charge on any atom is 0.197 e. The molecule has 96 valence electrons. The molecule has 2 rings (SSSR count). The van der Waals surface area contributed by atoms with Crippen molar-refractivity contribution < 1.29 is 4.42 Å². The molecule has 0 unspecified atom stereocenters. The molecule has 2 aromatic rings. The molecule has 0 N–H and O–H groups in total. The Balaban J connectivity index is 2.51. The molecule has 0 fully saturated rings. The fourth-order valence-corrected chi connectivity index (χ4v) is 2.43. The monoisotopic (exact) mass is 328 g/mol. The van der Waals surface area contributed by atoms with Crippen molar-refractivity contribution >= 4 is 27.5 Å². The molecule has 18 heavy (non-hydrogen) atoms. The zero-order chi connectivity index (χ0) is 13.3. The van der Waals surface area contributed by atoms with E-state index in [1.807, 2.05) is 19.1 Å². The Morgan fingerprint density at radius 2 is 2.06 bits per heavy atom. The van der Waals surface area contributed by atoms with Crippen LogP contribution >= 0.6 is 27.5 Å². The highest BCUT2D eigenvalue weighted by Crippen LogP contribution is 2.31. The number of nitrogens with zero attached hydrogens (tertiary/aromatic N) is 2. The minimum absolute atomic E-state index is 0.263. The van der Waals surface area contributed by atoms with Gasteiger partial charge in [0.25, 0.3) is 0 Å². The normalized spacial score (nSPS) is 11.2. The van der Waals surface area contributed by atoms with E-state index in [4.69, 9.17) is 16.0 Å². The van der Waals surface area contributed by atoms with Crippen LogP contribution in [-0.2, 0) is 6.42 Å². The van der Waals surface area contributed by atoms with E-state index in [9.17, 15) is 0 Å². The summed E-state index contributed by atoms with van der Waals surface area (Å²) in [7, 11) is 0. The van der Waals surface area contributed by atoms with E-state index in [0.29, 0.717) is 16.7 Å². The molecule has 0 saturated heterocycles. The van der Waals surface area contributed by atoms with Gasteiger partial charge in [0.2, 0.25) is 0 Å². The van der Waals surface area contributed by atoms with Gasteiger partial charge in [0.05, 0.1) is 10.2 Å². The average Bonchev–Trinajstić information content (AvgIpc) is 2.80. The number of aryl methyl sites for hydroxylation is 1. The van der Waals surface area contributed by atoms with E-state index in [2.05, 4.69) is 39.7 Å². The molecular formula is C13H14BrClN2O. The van der Waals surface area contributed by atoms with Crippen molar-refractivity contribution in [2.45, 2.75) is 33.1 Å². The van der Waals surface area contributed by atoms with Gasteiger partial charge in [-0.3, -0.25) is 0 Å². The highest BCUT2D eigenvalue weighted by Gasteiger charge is 2.16. The summed E-state index contributed by atoms with van der Waals surface area (Å²) in [5.41, 5.74) is 0.888. The predicted molar refractivity (Wildman–Crippen MR) is 75.9 cm³/mol. The topological polar surface area (TPSA) is 38.9 Å². The summed E-state index contributed by atoms with van der Waals surface area (Å²) in [5.74, 6) is 2.37. The molecule has 0 radical (unpaired) electrons. The van der Waals surface area contributed by atoms with Crippen LogP contribution in [0.1, 0.15) is 38.1 Å². The number of rotatable bonds is 3. The second kappa shape index (κ2) is 5.41. The second-order valence-electron chi connectivity index (χ2n) is 4.31. The van der Waals surface area contributed by atoms with Crippen LogP contribution in [0.5, 0.6) is 0 Å². The zero-order valence-corrected chi connectivity index (χ0v) is 12.8. The Morgan fingerprint density at radius 1 is 1.33 bits per heavy atom. The smallest absolute Gasteiger partial charge is 0.197 e. The molecule has 0 aliphatic carbocycles. The average molecular weight is 330 g/mol. The van der Waals surface area contributed by atoms with Gasteiger partial charge in [-0.1, -0.05) is 32.4 Å². The van der Waals surface area contributed by atoms with Crippen molar-refractivity contribution in [2.24, 2.45) is 0 Å². The number of hydrogen-bond acceptors (Lipinski definition) is 3. The van der Waals surface area contributed by atoms with Crippen molar-refractivity contribution in [2.75, 3.05) is 0 Å². The summed E-state index contributed by atoms with van der Waals surface area (Å²) in [6.45, 7) is 6.16. The van der Waals surface area contributed by atoms with E-state index in [-0.39, 0.29) is 5.92 Å². The van der Waals surface area contributed by atoms with Crippen LogP contribution in [0, 0.1) is 0 Å². The number of furan rings is 1. The van der Waals surface area contributed by atoms with Gasteiger partial charge >= 0.3 is 0 Å². The Kier molecular flexibility index (Phi) is 4.07. The van der Waals surface area contributed by atoms with Crippen molar-refractivity contribution in [3.05, 3.63) is 33.2 Å². The van der Waals surface area contributed by atoms with E-state index < -0.39 is 0 Å². The van der Waals surface area contributed by atoms with Crippen molar-refractivity contribution in [3.63, 3.8) is 0 Å². The first-order valence-corrected chi connectivity index (χ1v) is 7.02. The third-order valence-corrected chi connectivity index (χ3v) is 3.90. The number of halogens is 2. The molecule has 0 aromatic carbocycles. The molecule has 5 heteroatoms. The van der Waals surface area contributed by atoms with Gasteiger partial charge in [-0.2, -0.15) is 0 Å². The van der Waals surface area contributed by atoms with Crippen LogP contribution in [0.4, 0.5) is 0 Å². The van der Waals surface area contributed by atoms with Gasteiger partial charge in [-0.25, -0.2) is 9.97 Å². The molecule has 2 heterocycles. The summed E-state index contributed by atoms with van der Waals surface area (Å²) < 4.78 is 6.40. The molecule has 0 amide bonds. The van der Waals surface area contributed by atoms with Gasteiger partial charge in [0.15, 0.2) is 11.6 Å². The Bertz CT molecular complexity index is 566. The molecule has 0 spiro atoms.